The highest BCUT2D eigenvalue weighted by Crippen LogP contribution is 2.21. The number of anilines is 2. The second-order valence-electron chi connectivity index (χ2n) is 6.07. The summed E-state index contributed by atoms with van der Waals surface area (Å²) in [6, 6.07) is 10.8. The van der Waals surface area contributed by atoms with Gasteiger partial charge in [0.25, 0.3) is 0 Å². The van der Waals surface area contributed by atoms with Gasteiger partial charge in [-0.2, -0.15) is 0 Å². The van der Waals surface area contributed by atoms with Crippen molar-refractivity contribution in [2.24, 2.45) is 0 Å². The maximum atomic E-state index is 4.36. The number of benzene rings is 1. The fourth-order valence-electron chi connectivity index (χ4n) is 3.14. The Balaban J connectivity index is 1.45. The van der Waals surface area contributed by atoms with Crippen LogP contribution in [0.1, 0.15) is 24.8 Å². The molecule has 0 radical (unpaired) electrons. The molecule has 23 heavy (non-hydrogen) atoms. The molecule has 118 valence electrons. The molecule has 0 atom stereocenters. The monoisotopic (exact) mass is 307 g/mol. The van der Waals surface area contributed by atoms with Gasteiger partial charge in [-0.25, -0.2) is 9.97 Å². The molecule has 0 bridgehead atoms. The van der Waals surface area contributed by atoms with Crippen LogP contribution in [-0.2, 0) is 6.54 Å². The Hall–Kier alpha value is -2.56. The van der Waals surface area contributed by atoms with Crippen molar-refractivity contribution >= 4 is 22.5 Å². The van der Waals surface area contributed by atoms with Crippen molar-refractivity contribution in [3.05, 3.63) is 48.4 Å². The predicted octanol–water partition coefficient (Wildman–Crippen LogP) is 3.56. The van der Waals surface area contributed by atoms with E-state index in [0.29, 0.717) is 0 Å². The number of nitrogens with zero attached hydrogens (tertiary/aromatic N) is 3. The molecule has 1 aromatic carbocycles. The largest absolute Gasteiger partial charge is 0.380 e. The number of aromatic nitrogens is 3. The Morgan fingerprint density at radius 3 is 2.91 bits per heavy atom. The number of fused-ring (bicyclic) bond motifs is 1. The van der Waals surface area contributed by atoms with Crippen LogP contribution in [0.25, 0.3) is 11.2 Å². The van der Waals surface area contributed by atoms with Gasteiger partial charge in [0.1, 0.15) is 5.52 Å². The zero-order valence-electron chi connectivity index (χ0n) is 13.1. The molecule has 0 unspecified atom stereocenters. The number of imidazole rings is 1. The third-order valence-corrected chi connectivity index (χ3v) is 4.40. The van der Waals surface area contributed by atoms with Gasteiger partial charge in [0.2, 0.25) is 0 Å². The number of rotatable bonds is 4. The first-order chi connectivity index (χ1) is 11.4. The number of H-pyrrole nitrogens is 1. The zero-order valence-corrected chi connectivity index (χ0v) is 13.1. The van der Waals surface area contributed by atoms with Crippen LogP contribution in [0.2, 0.25) is 0 Å². The van der Waals surface area contributed by atoms with E-state index in [4.69, 9.17) is 0 Å². The first-order valence-electron chi connectivity index (χ1n) is 8.25. The highest BCUT2D eigenvalue weighted by atomic mass is 15.1. The Kier molecular flexibility index (Phi) is 3.84. The number of hydrogen-bond donors (Lipinski definition) is 2. The van der Waals surface area contributed by atoms with Crippen LogP contribution in [0, 0.1) is 0 Å². The van der Waals surface area contributed by atoms with E-state index >= 15 is 0 Å². The van der Waals surface area contributed by atoms with Crippen LogP contribution in [0.15, 0.2) is 42.9 Å². The van der Waals surface area contributed by atoms with E-state index in [0.717, 1.165) is 23.4 Å². The van der Waals surface area contributed by atoms with Crippen molar-refractivity contribution in [3.8, 4) is 0 Å². The highest BCUT2D eigenvalue weighted by Gasteiger charge is 2.11. The second-order valence-corrected chi connectivity index (χ2v) is 6.07. The first-order valence-corrected chi connectivity index (χ1v) is 8.25. The van der Waals surface area contributed by atoms with Crippen LogP contribution >= 0.6 is 0 Å². The molecular weight excluding hydrogens is 286 g/mol. The molecule has 3 heterocycles. The lowest BCUT2D eigenvalue weighted by Crippen LogP contribution is -2.29. The van der Waals surface area contributed by atoms with Crippen LogP contribution in [-0.4, -0.2) is 28.0 Å². The average Bonchev–Trinajstić information content (AvgIpc) is 3.09. The lowest BCUT2D eigenvalue weighted by atomic mass is 10.1. The van der Waals surface area contributed by atoms with E-state index in [1.54, 1.807) is 6.33 Å². The normalized spacial score (nSPS) is 15.0. The second kappa shape index (κ2) is 6.28. The topological polar surface area (TPSA) is 56.8 Å². The molecule has 2 aromatic heterocycles. The molecule has 4 rings (SSSR count). The van der Waals surface area contributed by atoms with Crippen LogP contribution < -0.4 is 10.2 Å². The average molecular weight is 307 g/mol. The van der Waals surface area contributed by atoms with Crippen LogP contribution in [0.5, 0.6) is 0 Å². The van der Waals surface area contributed by atoms with Gasteiger partial charge in [-0.05, 0) is 43.0 Å². The number of pyridine rings is 1. The summed E-state index contributed by atoms with van der Waals surface area (Å²) in [7, 11) is 0. The molecule has 5 heteroatoms. The third-order valence-electron chi connectivity index (χ3n) is 4.40. The minimum absolute atomic E-state index is 0.791. The zero-order chi connectivity index (χ0) is 15.5. The summed E-state index contributed by atoms with van der Waals surface area (Å²) in [4.78, 5) is 14.1. The molecule has 2 N–H and O–H groups in total. The van der Waals surface area contributed by atoms with Gasteiger partial charge < -0.3 is 15.2 Å². The Morgan fingerprint density at radius 1 is 1.09 bits per heavy atom. The minimum Gasteiger partial charge on any atom is -0.380 e. The van der Waals surface area contributed by atoms with Gasteiger partial charge in [0.05, 0.1) is 18.2 Å². The van der Waals surface area contributed by atoms with Gasteiger partial charge >= 0.3 is 0 Å². The molecule has 1 fully saturated rings. The predicted molar refractivity (Wildman–Crippen MR) is 93.7 cm³/mol. The van der Waals surface area contributed by atoms with Gasteiger partial charge in [0.15, 0.2) is 5.65 Å². The standard InChI is InChI=1S/C18H21N5/c1-2-7-23(8-3-1)16-6-4-5-14(9-16)11-19-15-10-17-18(20-12-15)22-13-21-17/h4-6,9-10,12-13,19H,1-3,7-8,11H2,(H,20,21,22). The van der Waals surface area contributed by atoms with Gasteiger partial charge in [-0.3, -0.25) is 0 Å². The summed E-state index contributed by atoms with van der Waals surface area (Å²) in [5, 5.41) is 3.44. The summed E-state index contributed by atoms with van der Waals surface area (Å²) < 4.78 is 0. The van der Waals surface area contributed by atoms with Crippen molar-refractivity contribution in [1.82, 2.24) is 15.0 Å². The lowest BCUT2D eigenvalue weighted by Gasteiger charge is -2.29. The summed E-state index contributed by atoms with van der Waals surface area (Å²) >= 11 is 0. The van der Waals surface area contributed by atoms with E-state index in [1.165, 1.54) is 43.6 Å². The maximum Gasteiger partial charge on any atom is 0.157 e. The van der Waals surface area contributed by atoms with Crippen molar-refractivity contribution in [3.63, 3.8) is 0 Å². The smallest absolute Gasteiger partial charge is 0.157 e. The molecule has 1 aliphatic rings. The third kappa shape index (κ3) is 3.13. The Morgan fingerprint density at radius 2 is 2.00 bits per heavy atom. The van der Waals surface area contributed by atoms with E-state index in [1.807, 2.05) is 12.3 Å². The van der Waals surface area contributed by atoms with Crippen molar-refractivity contribution in [2.45, 2.75) is 25.8 Å². The SMILES string of the molecule is c1cc(CNc2cnc3[nH]cnc3c2)cc(N2CCCCC2)c1. The van der Waals surface area contributed by atoms with E-state index < -0.39 is 0 Å². The quantitative estimate of drug-likeness (QED) is 0.774. The van der Waals surface area contributed by atoms with Gasteiger partial charge in [0, 0.05) is 25.3 Å². The van der Waals surface area contributed by atoms with E-state index in [2.05, 4.69) is 49.4 Å². The van der Waals surface area contributed by atoms with Gasteiger partial charge in [-0.15, -0.1) is 0 Å². The Bertz CT molecular complexity index is 789. The lowest BCUT2D eigenvalue weighted by molar-refractivity contribution is 0.578. The fraction of sp³-hybridized carbons (Fsp3) is 0.333. The number of aromatic amines is 1. The summed E-state index contributed by atoms with van der Waals surface area (Å²) in [6.07, 6.45) is 7.48. The van der Waals surface area contributed by atoms with E-state index in [9.17, 15) is 0 Å². The fourth-order valence-corrected chi connectivity index (χ4v) is 3.14. The summed E-state index contributed by atoms with van der Waals surface area (Å²) in [5.41, 5.74) is 5.33. The molecule has 5 nitrogen and oxygen atoms in total. The highest BCUT2D eigenvalue weighted by molar-refractivity contribution is 5.73. The number of piperidine rings is 1. The maximum absolute atomic E-state index is 4.36. The van der Waals surface area contributed by atoms with Crippen LogP contribution in [0.3, 0.4) is 0 Å². The minimum atomic E-state index is 0.791. The molecule has 0 saturated carbocycles. The molecular formula is C18H21N5. The summed E-state index contributed by atoms with van der Waals surface area (Å²) in [6.45, 7) is 3.15. The molecule has 0 amide bonds. The molecule has 1 saturated heterocycles. The molecule has 3 aromatic rings. The molecule has 1 aliphatic heterocycles. The number of hydrogen-bond acceptors (Lipinski definition) is 4. The first kappa shape index (κ1) is 14.1. The molecule has 0 aliphatic carbocycles. The number of nitrogens with one attached hydrogen (secondary N) is 2. The summed E-state index contributed by atoms with van der Waals surface area (Å²) in [5.74, 6) is 0. The Labute approximate surface area is 135 Å². The van der Waals surface area contributed by atoms with Gasteiger partial charge in [-0.1, -0.05) is 12.1 Å². The van der Waals surface area contributed by atoms with E-state index in [-0.39, 0.29) is 0 Å². The van der Waals surface area contributed by atoms with Crippen molar-refractivity contribution < 1.29 is 0 Å². The van der Waals surface area contributed by atoms with Crippen molar-refractivity contribution in [2.75, 3.05) is 23.3 Å². The molecule has 0 spiro atoms. The van der Waals surface area contributed by atoms with Crippen LogP contribution in [0.4, 0.5) is 11.4 Å². The van der Waals surface area contributed by atoms with Crippen molar-refractivity contribution in [1.29, 1.82) is 0 Å².